The number of carbonyl (C=O) groups excluding carboxylic acids is 1. The number of nitrogens with one attached hydrogen (secondary N) is 2. The Labute approximate surface area is 177 Å². The lowest BCUT2D eigenvalue weighted by atomic mass is 9.97. The van der Waals surface area contributed by atoms with E-state index in [0.717, 1.165) is 43.7 Å². The summed E-state index contributed by atoms with van der Waals surface area (Å²) in [6.07, 6.45) is 3.78. The minimum atomic E-state index is 0.0443. The number of likely N-dealkylation sites (tertiary alicyclic amines) is 1. The van der Waals surface area contributed by atoms with Crippen LogP contribution in [0.2, 0.25) is 0 Å². The Balaban J connectivity index is 1.34. The zero-order valence-corrected chi connectivity index (χ0v) is 17.6. The van der Waals surface area contributed by atoms with E-state index in [1.54, 1.807) is 6.20 Å². The van der Waals surface area contributed by atoms with E-state index in [0.29, 0.717) is 11.9 Å². The summed E-state index contributed by atoms with van der Waals surface area (Å²) >= 11 is 0. The van der Waals surface area contributed by atoms with Crippen molar-refractivity contribution in [3.8, 4) is 11.3 Å². The molecule has 30 heavy (non-hydrogen) atoms. The number of rotatable bonds is 5. The molecule has 0 radical (unpaired) electrons. The first-order valence-corrected chi connectivity index (χ1v) is 10.7. The Morgan fingerprint density at radius 3 is 2.63 bits per heavy atom. The molecule has 2 N–H and O–H groups in total. The van der Waals surface area contributed by atoms with Crippen molar-refractivity contribution in [3.63, 3.8) is 0 Å². The maximum atomic E-state index is 12.1. The molecule has 2 amide bonds. The van der Waals surface area contributed by atoms with Gasteiger partial charge in [-0.1, -0.05) is 36.4 Å². The van der Waals surface area contributed by atoms with E-state index in [-0.39, 0.29) is 12.1 Å². The molecule has 6 nitrogen and oxygen atoms in total. The molecule has 1 saturated heterocycles. The largest absolute Gasteiger partial charge is 0.354 e. The summed E-state index contributed by atoms with van der Waals surface area (Å²) in [4.78, 5) is 23.1. The fraction of sp³-hybridized carbons (Fsp3) is 0.375. The fourth-order valence-corrected chi connectivity index (χ4v) is 3.87. The molecule has 6 heteroatoms. The summed E-state index contributed by atoms with van der Waals surface area (Å²) in [5.41, 5.74) is 2.00. The number of carbonyl (C=O) groups is 1. The number of hydrogen-bond donors (Lipinski definition) is 2. The normalized spacial score (nSPS) is 14.8. The van der Waals surface area contributed by atoms with Crippen molar-refractivity contribution in [1.82, 2.24) is 20.2 Å². The second-order valence-electron chi connectivity index (χ2n) is 8.24. The maximum Gasteiger partial charge on any atom is 0.317 e. The quantitative estimate of drug-likeness (QED) is 0.656. The highest BCUT2D eigenvalue weighted by Crippen LogP contribution is 2.24. The van der Waals surface area contributed by atoms with Crippen LogP contribution in [0.1, 0.15) is 26.7 Å². The van der Waals surface area contributed by atoms with Crippen molar-refractivity contribution in [3.05, 3.63) is 54.7 Å². The number of piperidine rings is 1. The summed E-state index contributed by atoms with van der Waals surface area (Å²) in [5, 5.41) is 8.80. The summed E-state index contributed by atoms with van der Waals surface area (Å²) in [5.74, 6) is 1.17. The number of fused-ring (bicyclic) bond motifs is 1. The smallest absolute Gasteiger partial charge is 0.317 e. The molecule has 1 aromatic heterocycles. The third-order valence-corrected chi connectivity index (χ3v) is 5.56. The van der Waals surface area contributed by atoms with Crippen molar-refractivity contribution < 1.29 is 4.79 Å². The Morgan fingerprint density at radius 2 is 1.87 bits per heavy atom. The van der Waals surface area contributed by atoms with Gasteiger partial charge in [0.1, 0.15) is 0 Å². The van der Waals surface area contributed by atoms with Crippen LogP contribution in [0.4, 0.5) is 10.7 Å². The summed E-state index contributed by atoms with van der Waals surface area (Å²) in [6.45, 7) is 6.38. The van der Waals surface area contributed by atoms with Crippen molar-refractivity contribution in [2.75, 3.05) is 25.0 Å². The zero-order chi connectivity index (χ0) is 20.9. The van der Waals surface area contributed by atoms with Gasteiger partial charge >= 0.3 is 6.03 Å². The maximum absolute atomic E-state index is 12.1. The molecule has 1 aliphatic heterocycles. The molecule has 0 atom stereocenters. The summed E-state index contributed by atoms with van der Waals surface area (Å²) in [6, 6.07) is 16.9. The summed E-state index contributed by atoms with van der Waals surface area (Å²) < 4.78 is 0. The van der Waals surface area contributed by atoms with Gasteiger partial charge in [0, 0.05) is 37.4 Å². The van der Waals surface area contributed by atoms with E-state index in [1.807, 2.05) is 24.8 Å². The van der Waals surface area contributed by atoms with Gasteiger partial charge in [0.05, 0.1) is 5.69 Å². The minimum Gasteiger partial charge on any atom is -0.354 e. The van der Waals surface area contributed by atoms with Gasteiger partial charge < -0.3 is 15.5 Å². The van der Waals surface area contributed by atoms with Crippen molar-refractivity contribution in [2.45, 2.75) is 32.7 Å². The van der Waals surface area contributed by atoms with E-state index in [4.69, 9.17) is 4.98 Å². The van der Waals surface area contributed by atoms with Crippen LogP contribution in [-0.4, -0.2) is 46.6 Å². The molecule has 0 aliphatic carbocycles. The van der Waals surface area contributed by atoms with Gasteiger partial charge in [-0.15, -0.1) is 0 Å². The Kier molecular flexibility index (Phi) is 6.12. The average molecular weight is 404 g/mol. The molecule has 0 bridgehead atoms. The minimum absolute atomic E-state index is 0.0443. The van der Waals surface area contributed by atoms with Gasteiger partial charge in [0.25, 0.3) is 0 Å². The van der Waals surface area contributed by atoms with Gasteiger partial charge in [0.2, 0.25) is 5.95 Å². The highest BCUT2D eigenvalue weighted by Gasteiger charge is 2.23. The lowest BCUT2D eigenvalue weighted by molar-refractivity contribution is 0.170. The molecule has 2 aromatic carbocycles. The Hall–Kier alpha value is -3.15. The molecule has 4 rings (SSSR count). The van der Waals surface area contributed by atoms with E-state index >= 15 is 0 Å². The monoisotopic (exact) mass is 403 g/mol. The molecule has 156 valence electrons. The van der Waals surface area contributed by atoms with Crippen molar-refractivity contribution in [1.29, 1.82) is 0 Å². The van der Waals surface area contributed by atoms with Gasteiger partial charge in [-0.05, 0) is 55.5 Å². The van der Waals surface area contributed by atoms with Crippen LogP contribution in [0.5, 0.6) is 0 Å². The molecular formula is C24H29N5O. The number of amides is 2. The number of aromatic nitrogens is 2. The number of hydrogen-bond acceptors (Lipinski definition) is 4. The molecule has 0 saturated carbocycles. The molecule has 2 heterocycles. The van der Waals surface area contributed by atoms with Gasteiger partial charge in [0.15, 0.2) is 0 Å². The first-order chi connectivity index (χ1) is 14.6. The second-order valence-corrected chi connectivity index (χ2v) is 8.24. The SMILES string of the molecule is CC(C)NC(=O)N1CCC(CNc2nccc(-c3ccc4ccccc4c3)n2)CC1. The van der Waals surface area contributed by atoms with Crippen LogP contribution in [0.3, 0.4) is 0 Å². The Morgan fingerprint density at radius 1 is 1.10 bits per heavy atom. The van der Waals surface area contributed by atoms with E-state index in [1.165, 1.54) is 10.8 Å². The van der Waals surface area contributed by atoms with E-state index < -0.39 is 0 Å². The van der Waals surface area contributed by atoms with Crippen molar-refractivity contribution >= 4 is 22.8 Å². The fourth-order valence-electron chi connectivity index (χ4n) is 3.87. The third-order valence-electron chi connectivity index (χ3n) is 5.56. The van der Waals surface area contributed by atoms with Gasteiger partial charge in [-0.25, -0.2) is 14.8 Å². The van der Waals surface area contributed by atoms with E-state index in [9.17, 15) is 4.79 Å². The van der Waals surface area contributed by atoms with Gasteiger partial charge in [-0.3, -0.25) is 0 Å². The van der Waals surface area contributed by atoms with Crippen LogP contribution in [0.25, 0.3) is 22.0 Å². The highest BCUT2D eigenvalue weighted by molar-refractivity contribution is 5.86. The summed E-state index contributed by atoms with van der Waals surface area (Å²) in [7, 11) is 0. The molecular weight excluding hydrogens is 374 g/mol. The first-order valence-electron chi connectivity index (χ1n) is 10.7. The highest BCUT2D eigenvalue weighted by atomic mass is 16.2. The number of nitrogens with zero attached hydrogens (tertiary/aromatic N) is 3. The predicted octanol–water partition coefficient (Wildman–Crippen LogP) is 4.54. The number of benzene rings is 2. The average Bonchev–Trinajstić information content (AvgIpc) is 2.77. The Bertz CT molecular complexity index is 1010. The number of urea groups is 1. The standard InChI is InChI=1S/C24H29N5O/c1-17(2)27-24(30)29-13-10-18(11-14-29)16-26-23-25-12-9-22(28-23)21-8-7-19-5-3-4-6-20(19)15-21/h3-9,12,15,17-18H,10-11,13-14,16H2,1-2H3,(H,27,30)(H,25,26,28). The van der Waals surface area contributed by atoms with Crippen LogP contribution in [0.15, 0.2) is 54.7 Å². The second kappa shape index (κ2) is 9.11. The lowest BCUT2D eigenvalue weighted by Crippen LogP contribution is -2.47. The molecule has 0 spiro atoms. The molecule has 1 fully saturated rings. The third kappa shape index (κ3) is 4.87. The van der Waals surface area contributed by atoms with Crippen molar-refractivity contribution in [2.24, 2.45) is 5.92 Å². The van der Waals surface area contributed by atoms with Gasteiger partial charge in [-0.2, -0.15) is 0 Å². The van der Waals surface area contributed by atoms with Crippen LogP contribution < -0.4 is 10.6 Å². The topological polar surface area (TPSA) is 70.2 Å². The van der Waals surface area contributed by atoms with Crippen LogP contribution in [0, 0.1) is 5.92 Å². The molecule has 0 unspecified atom stereocenters. The van der Waals surface area contributed by atoms with E-state index in [2.05, 4.69) is 58.1 Å². The zero-order valence-electron chi connectivity index (χ0n) is 17.6. The molecule has 1 aliphatic rings. The molecule has 3 aromatic rings. The predicted molar refractivity (Wildman–Crippen MR) is 121 cm³/mol. The van der Waals surface area contributed by atoms with Crippen LogP contribution >= 0.6 is 0 Å². The van der Waals surface area contributed by atoms with Crippen LogP contribution in [-0.2, 0) is 0 Å². The lowest BCUT2D eigenvalue weighted by Gasteiger charge is -2.32. The number of anilines is 1. The first kappa shape index (κ1) is 20.1.